The summed E-state index contributed by atoms with van der Waals surface area (Å²) < 4.78 is 5.41. The van der Waals surface area contributed by atoms with Crippen LogP contribution in [0.15, 0.2) is 60.7 Å². The van der Waals surface area contributed by atoms with Gasteiger partial charge >= 0.3 is 5.97 Å². The number of imidazole rings is 1. The standard InChI is InChI=1S/C26H25N3O3/c1-15-6-9-19(10-7-15)24-27-21-12-11-20(14-23(21)28-24)26(31)32-18(4)25(30)29-22-13-16(2)5-8-17(22)3/h5-14,18H,1-4H3,(H,27,28)(H,29,30). The summed E-state index contributed by atoms with van der Waals surface area (Å²) in [6.07, 6.45) is -0.942. The third-order valence-electron chi connectivity index (χ3n) is 5.35. The van der Waals surface area contributed by atoms with Gasteiger partial charge in [-0.2, -0.15) is 0 Å². The number of hydrogen-bond acceptors (Lipinski definition) is 4. The number of nitrogens with zero attached hydrogens (tertiary/aromatic N) is 1. The predicted octanol–water partition coefficient (Wildman–Crippen LogP) is 5.34. The van der Waals surface area contributed by atoms with Crippen molar-refractivity contribution in [1.29, 1.82) is 0 Å². The number of nitrogens with one attached hydrogen (secondary N) is 2. The van der Waals surface area contributed by atoms with Crippen LogP contribution < -0.4 is 5.32 Å². The zero-order valence-electron chi connectivity index (χ0n) is 18.5. The van der Waals surface area contributed by atoms with Crippen molar-refractivity contribution in [2.24, 2.45) is 0 Å². The maximum absolute atomic E-state index is 12.7. The number of esters is 1. The number of aromatic nitrogens is 2. The van der Waals surface area contributed by atoms with Gasteiger partial charge in [0.15, 0.2) is 6.10 Å². The average molecular weight is 428 g/mol. The third kappa shape index (κ3) is 4.54. The Morgan fingerprint density at radius 2 is 1.66 bits per heavy atom. The second kappa shape index (κ2) is 8.67. The number of H-pyrrole nitrogens is 1. The van der Waals surface area contributed by atoms with Gasteiger partial charge in [-0.3, -0.25) is 4.79 Å². The molecule has 0 aliphatic carbocycles. The number of hydrogen-bond donors (Lipinski definition) is 2. The highest BCUT2D eigenvalue weighted by Gasteiger charge is 2.20. The van der Waals surface area contributed by atoms with Crippen molar-refractivity contribution in [3.8, 4) is 11.4 Å². The Labute approximate surface area is 186 Å². The summed E-state index contributed by atoms with van der Waals surface area (Å²) in [7, 11) is 0. The van der Waals surface area contributed by atoms with Crippen molar-refractivity contribution < 1.29 is 14.3 Å². The molecular formula is C26H25N3O3. The van der Waals surface area contributed by atoms with E-state index >= 15 is 0 Å². The molecule has 4 aromatic rings. The molecule has 3 aromatic carbocycles. The highest BCUT2D eigenvalue weighted by Crippen LogP contribution is 2.22. The number of amides is 1. The Balaban J connectivity index is 1.47. The molecule has 0 fully saturated rings. The Kier molecular flexibility index (Phi) is 5.77. The molecular weight excluding hydrogens is 402 g/mol. The number of carbonyl (C=O) groups excluding carboxylic acids is 2. The lowest BCUT2D eigenvalue weighted by atomic mass is 10.1. The first kappa shape index (κ1) is 21.3. The van der Waals surface area contributed by atoms with E-state index in [1.165, 1.54) is 5.56 Å². The summed E-state index contributed by atoms with van der Waals surface area (Å²) in [6.45, 7) is 7.46. The number of ether oxygens (including phenoxy) is 1. The van der Waals surface area contributed by atoms with E-state index in [9.17, 15) is 9.59 Å². The Morgan fingerprint density at radius 1 is 0.938 bits per heavy atom. The number of rotatable bonds is 5. The lowest BCUT2D eigenvalue weighted by molar-refractivity contribution is -0.123. The van der Waals surface area contributed by atoms with Crippen LogP contribution in [0.25, 0.3) is 22.4 Å². The molecule has 2 N–H and O–H groups in total. The van der Waals surface area contributed by atoms with Gasteiger partial charge in [-0.15, -0.1) is 0 Å². The van der Waals surface area contributed by atoms with Crippen LogP contribution >= 0.6 is 0 Å². The summed E-state index contributed by atoms with van der Waals surface area (Å²) in [5.41, 5.74) is 6.65. The quantitative estimate of drug-likeness (QED) is 0.421. The summed E-state index contributed by atoms with van der Waals surface area (Å²) in [5.74, 6) is -0.217. The lowest BCUT2D eigenvalue weighted by Crippen LogP contribution is -2.30. The van der Waals surface area contributed by atoms with E-state index in [2.05, 4.69) is 15.3 Å². The summed E-state index contributed by atoms with van der Waals surface area (Å²) in [6, 6.07) is 19.0. The van der Waals surface area contributed by atoms with Gasteiger partial charge in [0.05, 0.1) is 16.6 Å². The topological polar surface area (TPSA) is 84.1 Å². The van der Waals surface area contributed by atoms with Crippen LogP contribution in [0.3, 0.4) is 0 Å². The molecule has 0 saturated heterocycles. The molecule has 0 radical (unpaired) electrons. The SMILES string of the molecule is Cc1ccc(-c2nc3ccc(C(=O)OC(C)C(=O)Nc4cc(C)ccc4C)cc3[nH]2)cc1. The molecule has 162 valence electrons. The normalized spacial score (nSPS) is 11.9. The Hall–Kier alpha value is -3.93. The molecule has 0 spiro atoms. The van der Waals surface area contributed by atoms with Gasteiger partial charge in [-0.25, -0.2) is 9.78 Å². The zero-order valence-corrected chi connectivity index (χ0v) is 18.5. The van der Waals surface area contributed by atoms with Crippen molar-refractivity contribution in [1.82, 2.24) is 9.97 Å². The first-order valence-corrected chi connectivity index (χ1v) is 10.5. The maximum atomic E-state index is 12.7. The predicted molar refractivity (Wildman–Crippen MR) is 126 cm³/mol. The Morgan fingerprint density at radius 3 is 2.41 bits per heavy atom. The zero-order chi connectivity index (χ0) is 22.8. The van der Waals surface area contributed by atoms with Crippen LogP contribution in [-0.2, 0) is 9.53 Å². The van der Waals surface area contributed by atoms with E-state index in [-0.39, 0.29) is 5.91 Å². The van der Waals surface area contributed by atoms with E-state index in [0.29, 0.717) is 11.3 Å². The van der Waals surface area contributed by atoms with Crippen molar-refractivity contribution in [2.45, 2.75) is 33.8 Å². The number of anilines is 1. The van der Waals surface area contributed by atoms with Gasteiger partial charge in [-0.1, -0.05) is 42.0 Å². The van der Waals surface area contributed by atoms with Gasteiger partial charge in [0.1, 0.15) is 5.82 Å². The number of aromatic amines is 1. The molecule has 6 heteroatoms. The van der Waals surface area contributed by atoms with E-state index in [4.69, 9.17) is 4.74 Å². The maximum Gasteiger partial charge on any atom is 0.338 e. The van der Waals surface area contributed by atoms with Crippen molar-refractivity contribution >= 4 is 28.6 Å². The van der Waals surface area contributed by atoms with Gasteiger partial charge in [0, 0.05) is 11.3 Å². The molecule has 0 aliphatic heterocycles. The highest BCUT2D eigenvalue weighted by atomic mass is 16.5. The van der Waals surface area contributed by atoms with E-state index in [1.807, 2.05) is 63.2 Å². The largest absolute Gasteiger partial charge is 0.449 e. The number of aryl methyl sites for hydroxylation is 3. The monoisotopic (exact) mass is 427 g/mol. The molecule has 1 unspecified atom stereocenters. The van der Waals surface area contributed by atoms with Crippen LogP contribution in [0.4, 0.5) is 5.69 Å². The van der Waals surface area contributed by atoms with Crippen LogP contribution in [0, 0.1) is 20.8 Å². The summed E-state index contributed by atoms with van der Waals surface area (Å²) in [5, 5.41) is 2.83. The average Bonchev–Trinajstić information content (AvgIpc) is 3.20. The van der Waals surface area contributed by atoms with Crippen LogP contribution in [0.1, 0.15) is 34.0 Å². The fraction of sp³-hybridized carbons (Fsp3) is 0.192. The second-order valence-corrected chi connectivity index (χ2v) is 8.04. The number of benzene rings is 3. The molecule has 0 aliphatic rings. The minimum Gasteiger partial charge on any atom is -0.449 e. The first-order chi connectivity index (χ1) is 15.3. The molecule has 4 rings (SSSR count). The van der Waals surface area contributed by atoms with Gasteiger partial charge in [0.2, 0.25) is 0 Å². The first-order valence-electron chi connectivity index (χ1n) is 10.5. The second-order valence-electron chi connectivity index (χ2n) is 8.04. The minimum absolute atomic E-state index is 0.350. The minimum atomic E-state index is -0.942. The van der Waals surface area contributed by atoms with Crippen molar-refractivity contribution in [2.75, 3.05) is 5.32 Å². The number of fused-ring (bicyclic) bond motifs is 1. The fourth-order valence-electron chi connectivity index (χ4n) is 3.37. The third-order valence-corrected chi connectivity index (χ3v) is 5.35. The van der Waals surface area contributed by atoms with Crippen molar-refractivity contribution in [3.05, 3.63) is 82.9 Å². The molecule has 6 nitrogen and oxygen atoms in total. The molecule has 0 saturated carbocycles. The van der Waals surface area contributed by atoms with E-state index in [0.717, 1.165) is 33.5 Å². The Bertz CT molecular complexity index is 1310. The molecule has 0 bridgehead atoms. The summed E-state index contributed by atoms with van der Waals surface area (Å²) in [4.78, 5) is 33.0. The molecule has 1 heterocycles. The summed E-state index contributed by atoms with van der Waals surface area (Å²) >= 11 is 0. The molecule has 1 amide bonds. The van der Waals surface area contributed by atoms with Gasteiger partial charge in [-0.05, 0) is 63.1 Å². The van der Waals surface area contributed by atoms with Gasteiger partial charge in [0.25, 0.3) is 5.91 Å². The fourth-order valence-corrected chi connectivity index (χ4v) is 3.37. The lowest BCUT2D eigenvalue weighted by Gasteiger charge is -2.15. The van der Waals surface area contributed by atoms with Crippen LogP contribution in [-0.4, -0.2) is 27.9 Å². The molecule has 32 heavy (non-hydrogen) atoms. The van der Waals surface area contributed by atoms with E-state index < -0.39 is 12.1 Å². The van der Waals surface area contributed by atoms with Crippen LogP contribution in [0.5, 0.6) is 0 Å². The number of carbonyl (C=O) groups is 2. The smallest absolute Gasteiger partial charge is 0.338 e. The van der Waals surface area contributed by atoms with Gasteiger partial charge < -0.3 is 15.0 Å². The van der Waals surface area contributed by atoms with E-state index in [1.54, 1.807) is 25.1 Å². The highest BCUT2D eigenvalue weighted by molar-refractivity contribution is 5.99. The molecule has 1 aromatic heterocycles. The van der Waals surface area contributed by atoms with Crippen LogP contribution in [0.2, 0.25) is 0 Å². The molecule has 1 atom stereocenters. The van der Waals surface area contributed by atoms with Crippen molar-refractivity contribution in [3.63, 3.8) is 0 Å².